The van der Waals surface area contributed by atoms with Crippen molar-refractivity contribution in [3.05, 3.63) is 89.4 Å². The fraction of sp³-hybridized carbons (Fsp3) is 0.136. The van der Waals surface area contributed by atoms with Crippen LogP contribution in [0.15, 0.2) is 66.7 Å². The van der Waals surface area contributed by atoms with Crippen LogP contribution in [0.3, 0.4) is 0 Å². The Balaban J connectivity index is 1.64. The molecule has 2 heterocycles. The van der Waals surface area contributed by atoms with Crippen LogP contribution in [0.25, 0.3) is 11.3 Å². The van der Waals surface area contributed by atoms with Gasteiger partial charge < -0.3 is 9.87 Å². The first-order chi connectivity index (χ1) is 14.5. The highest BCUT2D eigenvalue weighted by Gasteiger charge is 2.24. The second-order valence-electron chi connectivity index (χ2n) is 6.98. The number of nitrogens with zero attached hydrogens (tertiary/aromatic N) is 3. The van der Waals surface area contributed by atoms with Gasteiger partial charge in [0.05, 0.1) is 5.69 Å². The third kappa shape index (κ3) is 4.45. The van der Waals surface area contributed by atoms with E-state index in [-0.39, 0.29) is 5.82 Å². The van der Waals surface area contributed by atoms with Crippen molar-refractivity contribution in [1.82, 2.24) is 20.2 Å². The first-order valence-corrected chi connectivity index (χ1v) is 10.6. The standard InChI is InChI=1S/C22H21N5O2S/c1-14-8-10-17(11-9-14)21(30(28)29)22-23-15(2)12-19(25-22)24-20-13-18(26-27-20)16-6-4-3-5-7-16/h3-13,21H,1-2H3,(H,28,29)(H2,23,24,25,26,27). The van der Waals surface area contributed by atoms with E-state index in [1.165, 1.54) is 0 Å². The van der Waals surface area contributed by atoms with Gasteiger partial charge in [-0.15, -0.1) is 0 Å². The van der Waals surface area contributed by atoms with Crippen LogP contribution in [0.4, 0.5) is 11.6 Å². The fourth-order valence-corrected chi connectivity index (χ4v) is 3.83. The van der Waals surface area contributed by atoms with E-state index in [2.05, 4.69) is 25.5 Å². The third-order valence-corrected chi connectivity index (χ3v) is 5.49. The molecule has 0 radical (unpaired) electrons. The summed E-state index contributed by atoms with van der Waals surface area (Å²) < 4.78 is 22.1. The number of aromatic nitrogens is 4. The molecule has 0 spiro atoms. The number of hydrogen-bond donors (Lipinski definition) is 3. The van der Waals surface area contributed by atoms with E-state index < -0.39 is 16.3 Å². The molecule has 0 aliphatic heterocycles. The lowest BCUT2D eigenvalue weighted by atomic mass is 10.1. The van der Waals surface area contributed by atoms with Gasteiger partial charge >= 0.3 is 0 Å². The van der Waals surface area contributed by atoms with E-state index in [9.17, 15) is 8.76 Å². The minimum absolute atomic E-state index is 0.279. The predicted molar refractivity (Wildman–Crippen MR) is 118 cm³/mol. The van der Waals surface area contributed by atoms with Crippen molar-refractivity contribution in [2.75, 3.05) is 5.32 Å². The average molecular weight is 420 g/mol. The molecule has 0 aliphatic carbocycles. The number of hydrogen-bond acceptors (Lipinski definition) is 5. The van der Waals surface area contributed by atoms with E-state index in [0.717, 1.165) is 16.8 Å². The lowest BCUT2D eigenvalue weighted by Crippen LogP contribution is -2.13. The van der Waals surface area contributed by atoms with E-state index in [1.807, 2.05) is 74.5 Å². The van der Waals surface area contributed by atoms with Crippen LogP contribution < -0.4 is 5.32 Å². The maximum absolute atomic E-state index is 12.1. The van der Waals surface area contributed by atoms with Crippen LogP contribution in [0.5, 0.6) is 0 Å². The minimum atomic E-state index is -2.17. The molecule has 30 heavy (non-hydrogen) atoms. The van der Waals surface area contributed by atoms with E-state index in [4.69, 9.17) is 0 Å². The predicted octanol–water partition coefficient (Wildman–Crippen LogP) is 4.54. The minimum Gasteiger partial charge on any atom is -0.323 e. The normalized spacial score (nSPS) is 13.0. The maximum atomic E-state index is 12.1. The smallest absolute Gasteiger partial charge is 0.168 e. The molecule has 8 heteroatoms. The van der Waals surface area contributed by atoms with Crippen LogP contribution in [0.1, 0.15) is 27.9 Å². The number of aromatic amines is 1. The number of rotatable bonds is 6. The molecule has 2 aromatic carbocycles. The Labute approximate surface area is 176 Å². The highest BCUT2D eigenvalue weighted by atomic mass is 32.2. The number of aryl methyl sites for hydroxylation is 2. The van der Waals surface area contributed by atoms with E-state index in [0.29, 0.717) is 22.9 Å². The molecule has 4 rings (SSSR count). The molecule has 7 nitrogen and oxygen atoms in total. The Morgan fingerprint density at radius 3 is 2.40 bits per heavy atom. The van der Waals surface area contributed by atoms with Crippen molar-refractivity contribution in [2.24, 2.45) is 0 Å². The van der Waals surface area contributed by atoms with Crippen LogP contribution >= 0.6 is 0 Å². The Kier molecular flexibility index (Phi) is 5.69. The molecule has 0 saturated carbocycles. The first-order valence-electron chi connectivity index (χ1n) is 9.39. The summed E-state index contributed by atoms with van der Waals surface area (Å²) in [6, 6.07) is 21.0. The van der Waals surface area contributed by atoms with Gasteiger partial charge in [0.25, 0.3) is 0 Å². The molecule has 3 N–H and O–H groups in total. The first kappa shape index (κ1) is 19.9. The fourth-order valence-electron chi connectivity index (χ4n) is 3.15. The highest BCUT2D eigenvalue weighted by Crippen LogP contribution is 2.27. The summed E-state index contributed by atoms with van der Waals surface area (Å²) in [5.41, 5.74) is 4.33. The van der Waals surface area contributed by atoms with Gasteiger partial charge in [-0.1, -0.05) is 60.2 Å². The number of nitrogens with one attached hydrogen (secondary N) is 2. The van der Waals surface area contributed by atoms with Gasteiger partial charge in [-0.05, 0) is 25.0 Å². The zero-order valence-corrected chi connectivity index (χ0v) is 17.4. The molecule has 0 fully saturated rings. The molecule has 2 aromatic heterocycles. The van der Waals surface area contributed by atoms with Gasteiger partial charge in [0, 0.05) is 17.8 Å². The summed E-state index contributed by atoms with van der Waals surface area (Å²) in [5.74, 6) is 1.38. The van der Waals surface area contributed by atoms with E-state index in [1.54, 1.807) is 6.07 Å². The molecular weight excluding hydrogens is 398 g/mol. The van der Waals surface area contributed by atoms with Crippen molar-refractivity contribution in [3.8, 4) is 11.3 Å². The topological polar surface area (TPSA) is 104 Å². The van der Waals surface area contributed by atoms with Crippen molar-refractivity contribution < 1.29 is 8.76 Å². The SMILES string of the molecule is Cc1ccc(C(c2nc(C)cc(Nc3cc(-c4ccccc4)[nH]n3)n2)S(=O)O)cc1. The van der Waals surface area contributed by atoms with E-state index >= 15 is 0 Å². The zero-order valence-electron chi connectivity index (χ0n) is 16.5. The van der Waals surface area contributed by atoms with Crippen LogP contribution in [0.2, 0.25) is 0 Å². The summed E-state index contributed by atoms with van der Waals surface area (Å²) in [5, 5.41) is 9.60. The maximum Gasteiger partial charge on any atom is 0.168 e. The molecule has 0 aliphatic rings. The lowest BCUT2D eigenvalue weighted by molar-refractivity contribution is 0.554. The van der Waals surface area contributed by atoms with Gasteiger partial charge in [0.15, 0.2) is 22.7 Å². The van der Waals surface area contributed by atoms with Crippen molar-refractivity contribution >= 4 is 22.7 Å². The quantitative estimate of drug-likeness (QED) is 0.397. The molecule has 2 atom stereocenters. The lowest BCUT2D eigenvalue weighted by Gasteiger charge is -2.14. The summed E-state index contributed by atoms with van der Waals surface area (Å²) in [6.45, 7) is 3.79. The number of anilines is 2. The summed E-state index contributed by atoms with van der Waals surface area (Å²) in [7, 11) is 0. The molecule has 0 amide bonds. The second-order valence-corrected chi connectivity index (χ2v) is 8.00. The van der Waals surface area contributed by atoms with Crippen molar-refractivity contribution in [1.29, 1.82) is 0 Å². The molecule has 0 saturated heterocycles. The third-order valence-electron chi connectivity index (χ3n) is 4.61. The van der Waals surface area contributed by atoms with Gasteiger partial charge in [-0.2, -0.15) is 5.10 Å². The Bertz CT molecular complexity index is 1180. The summed E-state index contributed by atoms with van der Waals surface area (Å²) >= 11 is -2.17. The van der Waals surface area contributed by atoms with Crippen molar-refractivity contribution in [3.63, 3.8) is 0 Å². The molecular formula is C22H21N5O2S. The molecule has 2 unspecified atom stereocenters. The van der Waals surface area contributed by atoms with Crippen LogP contribution in [-0.2, 0) is 11.1 Å². The zero-order chi connectivity index (χ0) is 21.1. The Morgan fingerprint density at radius 2 is 1.70 bits per heavy atom. The molecule has 4 aromatic rings. The molecule has 0 bridgehead atoms. The average Bonchev–Trinajstić information content (AvgIpc) is 3.18. The highest BCUT2D eigenvalue weighted by molar-refractivity contribution is 7.79. The largest absolute Gasteiger partial charge is 0.323 e. The monoisotopic (exact) mass is 419 g/mol. The Hall–Kier alpha value is -3.36. The number of benzene rings is 2. The van der Waals surface area contributed by atoms with Gasteiger partial charge in [-0.25, -0.2) is 14.2 Å². The second kappa shape index (κ2) is 8.56. The Morgan fingerprint density at radius 1 is 0.967 bits per heavy atom. The van der Waals surface area contributed by atoms with Gasteiger partial charge in [0.1, 0.15) is 11.1 Å². The molecule has 152 valence electrons. The van der Waals surface area contributed by atoms with Gasteiger partial charge in [-0.3, -0.25) is 5.10 Å². The van der Waals surface area contributed by atoms with Crippen LogP contribution in [0, 0.1) is 13.8 Å². The van der Waals surface area contributed by atoms with Crippen molar-refractivity contribution in [2.45, 2.75) is 19.1 Å². The summed E-state index contributed by atoms with van der Waals surface area (Å²) in [4.78, 5) is 8.92. The number of H-pyrrole nitrogens is 1. The van der Waals surface area contributed by atoms with Crippen LogP contribution in [-0.4, -0.2) is 28.9 Å². The summed E-state index contributed by atoms with van der Waals surface area (Å²) in [6.07, 6.45) is 0. The van der Waals surface area contributed by atoms with Gasteiger partial charge in [0.2, 0.25) is 0 Å².